The smallest absolute Gasteiger partial charge is 0.698 e. The van der Waals surface area contributed by atoms with Crippen molar-refractivity contribution in [1.29, 1.82) is 0 Å². The minimum Gasteiger partial charge on any atom is -0.698 e. The van der Waals surface area contributed by atoms with Crippen LogP contribution >= 0.6 is 24.8 Å². The molecular formula is C23H29Cl2NTi. The molecule has 0 amide bonds. The van der Waals surface area contributed by atoms with Gasteiger partial charge in [-0.3, -0.25) is 0 Å². The standard InChI is InChI=1S/C14H15.C9H12N.2ClH.Ti/c1-10-8-9-14(12(10)3)13-7-5-4-6-11(13)2;1-6-4-7(2)9(10)8(3)5-6;;;/h4-8H,2,9H2,1,3H3;4-5,10H,1-3H3;2*1H;/q2*-1;;;+2. The molecule has 0 bridgehead atoms. The number of allylic oxidation sites excluding steroid dienone is 4. The number of hydrogen-bond donors (Lipinski definition) is 0. The summed E-state index contributed by atoms with van der Waals surface area (Å²) in [6.45, 7) is 14.4. The van der Waals surface area contributed by atoms with Gasteiger partial charge in [-0.2, -0.15) is 18.6 Å². The summed E-state index contributed by atoms with van der Waals surface area (Å²) in [4.78, 5) is 0. The van der Waals surface area contributed by atoms with E-state index in [1.165, 1.54) is 27.8 Å². The van der Waals surface area contributed by atoms with Crippen LogP contribution in [0.1, 0.15) is 48.1 Å². The zero-order chi connectivity index (χ0) is 17.9. The number of rotatable bonds is 1. The van der Waals surface area contributed by atoms with Gasteiger partial charge in [-0.25, -0.2) is 0 Å². The monoisotopic (exact) mass is 437 g/mol. The Kier molecular flexibility index (Phi) is 12.9. The summed E-state index contributed by atoms with van der Waals surface area (Å²) in [5, 5.41) is 0. The van der Waals surface area contributed by atoms with Crippen molar-refractivity contribution in [3.8, 4) is 0 Å². The first kappa shape index (κ1) is 28.1. The van der Waals surface area contributed by atoms with Crippen LogP contribution in [-0.4, -0.2) is 0 Å². The van der Waals surface area contributed by atoms with Gasteiger partial charge in [0.25, 0.3) is 0 Å². The van der Waals surface area contributed by atoms with Crippen LogP contribution in [0.15, 0.2) is 53.6 Å². The Bertz CT molecular complexity index is 800. The van der Waals surface area contributed by atoms with E-state index in [-0.39, 0.29) is 46.5 Å². The molecule has 0 heterocycles. The van der Waals surface area contributed by atoms with Crippen molar-refractivity contribution in [2.24, 2.45) is 0 Å². The van der Waals surface area contributed by atoms with E-state index in [2.05, 4.69) is 52.0 Å². The van der Waals surface area contributed by atoms with Crippen LogP contribution in [0.25, 0.3) is 11.3 Å². The second-order valence-electron chi connectivity index (χ2n) is 6.63. The molecule has 1 nitrogen and oxygen atoms in total. The van der Waals surface area contributed by atoms with E-state index in [0.29, 0.717) is 5.69 Å². The fourth-order valence-electron chi connectivity index (χ4n) is 3.11. The van der Waals surface area contributed by atoms with Gasteiger partial charge in [0.15, 0.2) is 0 Å². The Morgan fingerprint density at radius 2 is 1.41 bits per heavy atom. The van der Waals surface area contributed by atoms with Crippen molar-refractivity contribution >= 4 is 36.1 Å². The first-order valence-corrected chi connectivity index (χ1v) is 8.39. The van der Waals surface area contributed by atoms with Gasteiger partial charge in [-0.15, -0.1) is 48.2 Å². The molecule has 0 fully saturated rings. The van der Waals surface area contributed by atoms with Crippen LogP contribution in [0.4, 0.5) is 5.69 Å². The van der Waals surface area contributed by atoms with Gasteiger partial charge in [0.1, 0.15) is 0 Å². The number of benzene rings is 2. The average molecular weight is 438 g/mol. The van der Waals surface area contributed by atoms with Crippen molar-refractivity contribution < 1.29 is 21.7 Å². The third kappa shape index (κ3) is 7.09. The van der Waals surface area contributed by atoms with E-state index in [1.807, 2.05) is 32.0 Å². The summed E-state index contributed by atoms with van der Waals surface area (Å²) in [7, 11) is 0. The molecule has 0 saturated carbocycles. The Labute approximate surface area is 192 Å². The molecule has 0 radical (unpaired) electrons. The van der Waals surface area contributed by atoms with Gasteiger partial charge < -0.3 is 5.73 Å². The van der Waals surface area contributed by atoms with Gasteiger partial charge >= 0.3 is 21.7 Å². The molecule has 0 aliphatic heterocycles. The number of halogens is 2. The Balaban J connectivity index is 0. The predicted octanol–water partition coefficient (Wildman–Crippen LogP) is 8.13. The molecule has 0 saturated heterocycles. The molecule has 1 aliphatic carbocycles. The van der Waals surface area contributed by atoms with E-state index in [0.717, 1.165) is 23.1 Å². The van der Waals surface area contributed by atoms with Crippen LogP contribution in [0, 0.1) is 27.7 Å². The van der Waals surface area contributed by atoms with Crippen molar-refractivity contribution in [1.82, 2.24) is 0 Å². The molecule has 1 aliphatic rings. The van der Waals surface area contributed by atoms with Gasteiger partial charge in [-0.05, 0) is 41.0 Å². The molecule has 27 heavy (non-hydrogen) atoms. The predicted molar refractivity (Wildman–Crippen MR) is 121 cm³/mol. The van der Waals surface area contributed by atoms with Crippen LogP contribution in [0.2, 0.25) is 0 Å². The molecule has 2 aromatic rings. The zero-order valence-electron chi connectivity index (χ0n) is 16.8. The van der Waals surface area contributed by atoms with Gasteiger partial charge in [-0.1, -0.05) is 57.7 Å². The molecule has 1 N–H and O–H groups in total. The first-order chi connectivity index (χ1) is 11.3. The minimum atomic E-state index is 0. The quantitative estimate of drug-likeness (QED) is 0.317. The number of nitrogens with one attached hydrogen (secondary N) is 1. The summed E-state index contributed by atoms with van der Waals surface area (Å²) in [5.41, 5.74) is 18.3. The van der Waals surface area contributed by atoms with Crippen LogP contribution < -0.4 is 0 Å². The maximum absolute atomic E-state index is 7.54. The van der Waals surface area contributed by atoms with Crippen molar-refractivity contribution in [3.63, 3.8) is 0 Å². The fourth-order valence-corrected chi connectivity index (χ4v) is 3.11. The maximum Gasteiger partial charge on any atom is 2.00 e. The molecule has 0 atom stereocenters. The van der Waals surface area contributed by atoms with Crippen molar-refractivity contribution in [3.05, 3.63) is 94.1 Å². The number of hydrogen-bond acceptors (Lipinski definition) is 0. The Morgan fingerprint density at radius 1 is 0.889 bits per heavy atom. The Morgan fingerprint density at radius 3 is 1.85 bits per heavy atom. The van der Waals surface area contributed by atoms with Crippen molar-refractivity contribution in [2.75, 3.05) is 0 Å². The van der Waals surface area contributed by atoms with Gasteiger partial charge in [0.2, 0.25) is 0 Å². The van der Waals surface area contributed by atoms with Crippen LogP contribution in [0.3, 0.4) is 0 Å². The normalized spacial score (nSPS) is 12.0. The SMILES string of the molecule is Cc1cc(C)c([NH-])c(C)c1.Cl.Cl.[CH2-]c1ccccc1C1=C(C)C(C)=CC1.[Ti+2]. The van der Waals surface area contributed by atoms with Crippen molar-refractivity contribution in [2.45, 2.75) is 41.0 Å². The maximum atomic E-state index is 7.54. The Hall–Kier alpha value is -1.12. The molecule has 0 spiro atoms. The second kappa shape index (κ2) is 12.4. The van der Waals surface area contributed by atoms with E-state index in [9.17, 15) is 0 Å². The van der Waals surface area contributed by atoms with E-state index < -0.39 is 0 Å². The summed E-state index contributed by atoms with van der Waals surface area (Å²) in [6.07, 6.45) is 3.35. The largest absolute Gasteiger partial charge is 2.00 e. The fraction of sp³-hybridized carbons (Fsp3) is 0.261. The number of aryl methyl sites for hydroxylation is 3. The van der Waals surface area contributed by atoms with Gasteiger partial charge in [0.05, 0.1) is 0 Å². The summed E-state index contributed by atoms with van der Waals surface area (Å²) in [6, 6.07) is 12.4. The minimum absolute atomic E-state index is 0. The molecule has 0 unspecified atom stereocenters. The first-order valence-electron chi connectivity index (χ1n) is 8.39. The molecule has 3 rings (SSSR count). The van der Waals surface area contributed by atoms with Crippen LogP contribution in [-0.2, 0) is 21.7 Å². The molecule has 0 aromatic heterocycles. The van der Waals surface area contributed by atoms with E-state index >= 15 is 0 Å². The summed E-state index contributed by atoms with van der Waals surface area (Å²) >= 11 is 0. The van der Waals surface area contributed by atoms with E-state index in [4.69, 9.17) is 5.73 Å². The third-order valence-electron chi connectivity index (χ3n) is 4.68. The van der Waals surface area contributed by atoms with Crippen LogP contribution in [0.5, 0.6) is 0 Å². The molecule has 144 valence electrons. The average Bonchev–Trinajstić information content (AvgIpc) is 2.86. The second-order valence-corrected chi connectivity index (χ2v) is 6.63. The van der Waals surface area contributed by atoms with E-state index in [1.54, 1.807) is 0 Å². The molecular weight excluding hydrogens is 409 g/mol. The summed E-state index contributed by atoms with van der Waals surface area (Å²) < 4.78 is 0. The topological polar surface area (TPSA) is 23.8 Å². The molecule has 4 heteroatoms. The molecule has 2 aromatic carbocycles. The zero-order valence-corrected chi connectivity index (χ0v) is 20.0. The summed E-state index contributed by atoms with van der Waals surface area (Å²) in [5.74, 6) is 0. The van der Waals surface area contributed by atoms with Gasteiger partial charge in [0, 0.05) is 0 Å². The third-order valence-corrected chi connectivity index (χ3v) is 4.68.